The molecule has 5 nitrogen and oxygen atoms in total. The van der Waals surface area contributed by atoms with Crippen LogP contribution in [-0.2, 0) is 11.4 Å². The highest BCUT2D eigenvalue weighted by Crippen LogP contribution is 2.30. The van der Waals surface area contributed by atoms with E-state index in [1.165, 1.54) is 23.9 Å². The molecular formula is C24H18FIN2O3S. The van der Waals surface area contributed by atoms with Crippen molar-refractivity contribution in [1.29, 1.82) is 0 Å². The van der Waals surface area contributed by atoms with E-state index >= 15 is 0 Å². The zero-order valence-electron chi connectivity index (χ0n) is 17.0. The van der Waals surface area contributed by atoms with Crippen molar-refractivity contribution in [3.63, 3.8) is 0 Å². The minimum absolute atomic E-state index is 0.186. The predicted molar refractivity (Wildman–Crippen MR) is 134 cm³/mol. The lowest BCUT2D eigenvalue weighted by atomic mass is 10.2. The minimum atomic E-state index is -0.272. The molecule has 1 aliphatic heterocycles. The summed E-state index contributed by atoms with van der Waals surface area (Å²) in [5.74, 6) is 1.01. The fraction of sp³-hybridized carbons (Fsp3) is 0.0833. The van der Waals surface area contributed by atoms with E-state index in [2.05, 4.69) is 32.9 Å². The van der Waals surface area contributed by atoms with E-state index in [0.717, 1.165) is 31.9 Å². The smallest absolute Gasteiger partial charge is 0.264 e. The van der Waals surface area contributed by atoms with E-state index in [1.807, 2.05) is 48.5 Å². The van der Waals surface area contributed by atoms with Gasteiger partial charge in [-0.15, -0.1) is 0 Å². The fourth-order valence-corrected chi connectivity index (χ4v) is 4.41. The van der Waals surface area contributed by atoms with Crippen molar-refractivity contribution >= 4 is 57.2 Å². The standard InChI is InChI=1S/C24H18FIN2O3S/c1-30-19-9-7-18(8-10-19)27-24-28-23(29)22(32-24)13-16-4-11-21(20(26)12-16)31-14-15-2-5-17(25)6-3-15/h2-13H,14H2,1H3,(H,27,28,29)/b22-13+. The fourth-order valence-electron chi connectivity index (χ4n) is 2.87. The molecule has 1 amide bonds. The predicted octanol–water partition coefficient (Wildman–Crippen LogP) is 5.91. The lowest BCUT2D eigenvalue weighted by molar-refractivity contribution is -0.115. The van der Waals surface area contributed by atoms with Crippen LogP contribution in [0.5, 0.6) is 11.5 Å². The van der Waals surface area contributed by atoms with Crippen molar-refractivity contribution in [2.45, 2.75) is 6.61 Å². The molecule has 3 aromatic carbocycles. The Morgan fingerprint density at radius 2 is 1.84 bits per heavy atom. The average molecular weight is 560 g/mol. The van der Waals surface area contributed by atoms with Crippen LogP contribution in [0.4, 0.5) is 10.1 Å². The van der Waals surface area contributed by atoms with Crippen LogP contribution >= 0.6 is 34.4 Å². The second-order valence-electron chi connectivity index (χ2n) is 6.78. The Bertz CT molecular complexity index is 1190. The van der Waals surface area contributed by atoms with Gasteiger partial charge in [0.05, 0.1) is 21.3 Å². The van der Waals surface area contributed by atoms with Gasteiger partial charge in [0.2, 0.25) is 0 Å². The van der Waals surface area contributed by atoms with Gasteiger partial charge in [-0.25, -0.2) is 9.38 Å². The van der Waals surface area contributed by atoms with Crippen LogP contribution in [0.2, 0.25) is 0 Å². The molecule has 0 radical (unpaired) electrons. The monoisotopic (exact) mass is 560 g/mol. The van der Waals surface area contributed by atoms with E-state index in [0.29, 0.717) is 16.7 Å². The molecule has 162 valence electrons. The minimum Gasteiger partial charge on any atom is -0.497 e. The SMILES string of the molecule is COc1ccc(N=C2NC(=O)/C(=C\c3ccc(OCc4ccc(F)cc4)c(I)c3)S2)cc1. The number of carbonyl (C=O) groups is 1. The van der Waals surface area contributed by atoms with Gasteiger partial charge in [-0.3, -0.25) is 4.79 Å². The van der Waals surface area contributed by atoms with E-state index in [-0.39, 0.29) is 11.7 Å². The maximum absolute atomic E-state index is 13.0. The third-order valence-electron chi connectivity index (χ3n) is 4.52. The Labute approximate surface area is 202 Å². The Balaban J connectivity index is 1.43. The summed E-state index contributed by atoms with van der Waals surface area (Å²) < 4.78 is 24.9. The number of carbonyl (C=O) groups excluding carboxylic acids is 1. The highest BCUT2D eigenvalue weighted by molar-refractivity contribution is 14.1. The second-order valence-corrected chi connectivity index (χ2v) is 8.98. The van der Waals surface area contributed by atoms with E-state index < -0.39 is 0 Å². The number of methoxy groups -OCH3 is 1. The normalized spacial score (nSPS) is 15.8. The van der Waals surface area contributed by atoms with Crippen LogP contribution in [0.3, 0.4) is 0 Å². The van der Waals surface area contributed by atoms with E-state index in [9.17, 15) is 9.18 Å². The molecule has 0 aromatic heterocycles. The van der Waals surface area contributed by atoms with Gasteiger partial charge in [-0.05, 0) is 100 Å². The lowest BCUT2D eigenvalue weighted by Crippen LogP contribution is -2.19. The number of ether oxygens (including phenoxy) is 2. The highest BCUT2D eigenvalue weighted by atomic mass is 127. The summed E-state index contributed by atoms with van der Waals surface area (Å²) in [5, 5.41) is 3.32. The van der Waals surface area contributed by atoms with Crippen molar-refractivity contribution in [2.24, 2.45) is 4.99 Å². The van der Waals surface area contributed by atoms with Gasteiger partial charge in [0.15, 0.2) is 5.17 Å². The molecule has 1 aliphatic rings. The first-order valence-electron chi connectivity index (χ1n) is 9.60. The summed E-state index contributed by atoms with van der Waals surface area (Å²) >= 11 is 3.49. The first-order valence-corrected chi connectivity index (χ1v) is 11.5. The first kappa shape index (κ1) is 22.3. The molecule has 4 rings (SSSR count). The summed E-state index contributed by atoms with van der Waals surface area (Å²) in [6.07, 6.45) is 1.82. The van der Waals surface area contributed by atoms with E-state index in [4.69, 9.17) is 9.47 Å². The summed E-state index contributed by atoms with van der Waals surface area (Å²) in [4.78, 5) is 17.4. The zero-order chi connectivity index (χ0) is 22.5. The summed E-state index contributed by atoms with van der Waals surface area (Å²) in [5.41, 5.74) is 2.50. The number of nitrogens with one attached hydrogen (secondary N) is 1. The average Bonchev–Trinajstić information content (AvgIpc) is 3.13. The zero-order valence-corrected chi connectivity index (χ0v) is 19.9. The molecule has 1 N–H and O–H groups in total. The Kier molecular flexibility index (Phi) is 7.11. The molecule has 32 heavy (non-hydrogen) atoms. The van der Waals surface area contributed by atoms with Crippen molar-refractivity contribution in [2.75, 3.05) is 7.11 Å². The largest absolute Gasteiger partial charge is 0.497 e. The number of nitrogens with zero attached hydrogens (tertiary/aromatic N) is 1. The lowest BCUT2D eigenvalue weighted by Gasteiger charge is -2.09. The van der Waals surface area contributed by atoms with Crippen LogP contribution in [0.1, 0.15) is 11.1 Å². The molecule has 1 saturated heterocycles. The number of rotatable bonds is 6. The van der Waals surface area contributed by atoms with Crippen LogP contribution in [0.25, 0.3) is 6.08 Å². The highest BCUT2D eigenvalue weighted by Gasteiger charge is 2.23. The topological polar surface area (TPSA) is 59.9 Å². The number of hydrogen-bond acceptors (Lipinski definition) is 5. The number of thioether (sulfide) groups is 1. The Morgan fingerprint density at radius 3 is 2.53 bits per heavy atom. The van der Waals surface area contributed by atoms with Gasteiger partial charge < -0.3 is 14.8 Å². The number of amides is 1. The second kappa shape index (κ2) is 10.2. The van der Waals surface area contributed by atoms with Crippen LogP contribution in [0, 0.1) is 9.39 Å². The summed E-state index contributed by atoms with van der Waals surface area (Å²) in [7, 11) is 1.61. The van der Waals surface area contributed by atoms with Crippen LogP contribution < -0.4 is 14.8 Å². The van der Waals surface area contributed by atoms with Crippen molar-refractivity contribution in [3.05, 3.63) is 92.1 Å². The third-order valence-corrected chi connectivity index (χ3v) is 6.27. The van der Waals surface area contributed by atoms with E-state index in [1.54, 1.807) is 19.2 Å². The molecule has 0 atom stereocenters. The van der Waals surface area contributed by atoms with Gasteiger partial charge in [-0.1, -0.05) is 18.2 Å². The molecule has 3 aromatic rings. The number of benzene rings is 3. The summed E-state index contributed by atoms with van der Waals surface area (Å²) in [6, 6.07) is 19.2. The van der Waals surface area contributed by atoms with Crippen molar-refractivity contribution in [3.8, 4) is 11.5 Å². The van der Waals surface area contributed by atoms with Crippen LogP contribution in [-0.4, -0.2) is 18.2 Å². The quantitative estimate of drug-likeness (QED) is 0.301. The Hall–Kier alpha value is -2.85. The summed E-state index contributed by atoms with van der Waals surface area (Å²) in [6.45, 7) is 0.347. The van der Waals surface area contributed by atoms with Gasteiger partial charge in [0.1, 0.15) is 23.9 Å². The third kappa shape index (κ3) is 5.68. The number of halogens is 2. The van der Waals surface area contributed by atoms with Gasteiger partial charge in [0.25, 0.3) is 5.91 Å². The Morgan fingerprint density at radius 1 is 1.09 bits per heavy atom. The molecule has 1 fully saturated rings. The van der Waals surface area contributed by atoms with Crippen LogP contribution in [0.15, 0.2) is 76.6 Å². The maximum Gasteiger partial charge on any atom is 0.264 e. The molecule has 0 unspecified atom stereocenters. The number of hydrogen-bond donors (Lipinski definition) is 1. The van der Waals surface area contributed by atoms with Crippen molar-refractivity contribution in [1.82, 2.24) is 5.32 Å². The number of aliphatic imine (C=N–C) groups is 1. The maximum atomic E-state index is 13.0. The molecule has 0 spiro atoms. The van der Waals surface area contributed by atoms with Crippen molar-refractivity contribution < 1.29 is 18.7 Å². The molecule has 0 saturated carbocycles. The molecule has 0 bridgehead atoms. The molecule has 8 heteroatoms. The first-order chi connectivity index (χ1) is 15.5. The molecule has 1 heterocycles. The van der Waals surface area contributed by atoms with Gasteiger partial charge >= 0.3 is 0 Å². The molecule has 0 aliphatic carbocycles. The molecular weight excluding hydrogens is 542 g/mol. The van der Waals surface area contributed by atoms with Gasteiger partial charge in [0, 0.05) is 0 Å². The van der Waals surface area contributed by atoms with Gasteiger partial charge in [-0.2, -0.15) is 0 Å². The number of amidine groups is 1.